The second-order valence-corrected chi connectivity index (χ2v) is 13.9. The third-order valence-electron chi connectivity index (χ3n) is 11.3. The van der Waals surface area contributed by atoms with Crippen molar-refractivity contribution < 1.29 is 0 Å². The summed E-state index contributed by atoms with van der Waals surface area (Å²) in [5.41, 5.74) is 14.6. The fourth-order valence-electron chi connectivity index (χ4n) is 8.74. The third kappa shape index (κ3) is 4.36. The molecule has 1 aromatic heterocycles. The van der Waals surface area contributed by atoms with Crippen molar-refractivity contribution in [1.82, 2.24) is 4.57 Å². The molecule has 2 nitrogen and oxygen atoms in total. The van der Waals surface area contributed by atoms with E-state index in [0.29, 0.717) is 0 Å². The van der Waals surface area contributed by atoms with Crippen molar-refractivity contribution in [3.05, 3.63) is 199 Å². The Bertz CT molecular complexity index is 2760. The molecule has 10 rings (SSSR count). The highest BCUT2D eigenvalue weighted by Gasteiger charge is 2.42. The highest BCUT2D eigenvalue weighted by Crippen LogP contribution is 2.57. The maximum absolute atomic E-state index is 2.49. The summed E-state index contributed by atoms with van der Waals surface area (Å²) in [5, 5.41) is 5.02. The average Bonchev–Trinajstić information content (AvgIpc) is 3.63. The van der Waals surface area contributed by atoms with Crippen LogP contribution in [0, 0.1) is 0 Å². The van der Waals surface area contributed by atoms with Crippen LogP contribution in [0.1, 0.15) is 23.6 Å². The SMILES string of the molecule is Cn1c2ccccc2c2cc(N(c3ccccc3)c3cc4c(c5ccccc35)-c3ccc(-c5ccccc5)cc3C4(C)c3ccccc3)ccc21. The number of anilines is 3. The minimum absolute atomic E-state index is 0.378. The number of hydrogen-bond donors (Lipinski definition) is 0. The highest BCUT2D eigenvalue weighted by molar-refractivity contribution is 6.12. The van der Waals surface area contributed by atoms with E-state index < -0.39 is 0 Å². The molecule has 0 aliphatic heterocycles. The molecule has 1 aliphatic rings. The molecule has 0 fully saturated rings. The molecule has 1 unspecified atom stereocenters. The zero-order chi connectivity index (χ0) is 34.1. The van der Waals surface area contributed by atoms with Crippen molar-refractivity contribution in [1.29, 1.82) is 0 Å². The van der Waals surface area contributed by atoms with E-state index in [9.17, 15) is 0 Å². The number of para-hydroxylation sites is 2. The molecule has 9 aromatic rings. The Morgan fingerprint density at radius 2 is 1.08 bits per heavy atom. The van der Waals surface area contributed by atoms with Gasteiger partial charge in [0, 0.05) is 51.0 Å². The van der Waals surface area contributed by atoms with E-state index in [2.05, 4.69) is 205 Å². The number of aryl methyl sites for hydroxylation is 1. The number of fused-ring (bicyclic) bond motifs is 8. The van der Waals surface area contributed by atoms with Crippen LogP contribution in [0.4, 0.5) is 17.1 Å². The Hall–Kier alpha value is -6.38. The predicted molar refractivity (Wildman–Crippen MR) is 215 cm³/mol. The lowest BCUT2D eigenvalue weighted by Gasteiger charge is -2.32. The van der Waals surface area contributed by atoms with E-state index in [4.69, 9.17) is 0 Å². The van der Waals surface area contributed by atoms with Crippen LogP contribution in [0.15, 0.2) is 182 Å². The van der Waals surface area contributed by atoms with Gasteiger partial charge in [-0.25, -0.2) is 0 Å². The molecule has 0 radical (unpaired) electrons. The minimum atomic E-state index is -0.378. The summed E-state index contributed by atoms with van der Waals surface area (Å²) in [7, 11) is 2.17. The summed E-state index contributed by atoms with van der Waals surface area (Å²) < 4.78 is 2.30. The van der Waals surface area contributed by atoms with Gasteiger partial charge >= 0.3 is 0 Å². The van der Waals surface area contributed by atoms with Gasteiger partial charge in [0.2, 0.25) is 0 Å². The Morgan fingerprint density at radius 1 is 0.451 bits per heavy atom. The monoisotopic (exact) mass is 652 g/mol. The number of rotatable bonds is 5. The van der Waals surface area contributed by atoms with Gasteiger partial charge in [0.1, 0.15) is 0 Å². The predicted octanol–water partition coefficient (Wildman–Crippen LogP) is 13.0. The first-order chi connectivity index (χ1) is 25.1. The fraction of sp³-hybridized carbons (Fsp3) is 0.0612. The van der Waals surface area contributed by atoms with Crippen LogP contribution in [0.5, 0.6) is 0 Å². The molecular weight excluding hydrogens is 617 g/mol. The molecule has 1 aliphatic carbocycles. The molecule has 242 valence electrons. The smallest absolute Gasteiger partial charge is 0.0543 e. The Morgan fingerprint density at radius 3 is 1.84 bits per heavy atom. The van der Waals surface area contributed by atoms with Crippen molar-refractivity contribution in [2.75, 3.05) is 4.90 Å². The van der Waals surface area contributed by atoms with Crippen LogP contribution in [0.25, 0.3) is 54.8 Å². The van der Waals surface area contributed by atoms with Crippen LogP contribution in [0.2, 0.25) is 0 Å². The molecule has 0 bridgehead atoms. The molecule has 51 heavy (non-hydrogen) atoms. The van der Waals surface area contributed by atoms with Crippen LogP contribution in [-0.2, 0) is 12.5 Å². The second-order valence-electron chi connectivity index (χ2n) is 13.9. The lowest BCUT2D eigenvalue weighted by molar-refractivity contribution is 0.714. The zero-order valence-electron chi connectivity index (χ0n) is 28.7. The third-order valence-corrected chi connectivity index (χ3v) is 11.3. The quantitative estimate of drug-likeness (QED) is 0.180. The first-order valence-corrected chi connectivity index (χ1v) is 17.8. The largest absolute Gasteiger partial charge is 0.344 e. The van der Waals surface area contributed by atoms with E-state index in [0.717, 1.165) is 11.4 Å². The lowest BCUT2D eigenvalue weighted by atomic mass is 9.73. The van der Waals surface area contributed by atoms with Gasteiger partial charge in [0.15, 0.2) is 0 Å². The zero-order valence-corrected chi connectivity index (χ0v) is 28.7. The standard InChI is InChI=1S/C49H36N2/c1-49(35-18-8-4-9-19-35)43-30-34(33-16-6-3-7-17-33)26-28-41(43)48-40-24-13-12-22-38(40)47(32-44(48)49)51(36-20-10-5-11-21-36)37-27-29-46-42(31-37)39-23-14-15-25-45(39)50(46)2/h3-32H,1-2H3. The number of benzene rings is 8. The normalized spacial score (nSPS) is 14.9. The summed E-state index contributed by atoms with van der Waals surface area (Å²) in [6, 6.07) is 66.9. The van der Waals surface area contributed by atoms with E-state index in [1.54, 1.807) is 0 Å². The Balaban J connectivity index is 1.28. The van der Waals surface area contributed by atoms with Crippen LogP contribution in [0.3, 0.4) is 0 Å². The molecular formula is C49H36N2. The molecule has 1 atom stereocenters. The van der Waals surface area contributed by atoms with Gasteiger partial charge in [-0.2, -0.15) is 0 Å². The summed E-state index contributed by atoms with van der Waals surface area (Å²) in [6.07, 6.45) is 0. The van der Waals surface area contributed by atoms with Crippen molar-refractivity contribution >= 4 is 49.6 Å². The number of aromatic nitrogens is 1. The summed E-state index contributed by atoms with van der Waals surface area (Å²) >= 11 is 0. The molecule has 0 spiro atoms. The van der Waals surface area contributed by atoms with Gasteiger partial charge in [-0.15, -0.1) is 0 Å². The molecule has 1 heterocycles. The molecule has 0 amide bonds. The maximum atomic E-state index is 2.49. The van der Waals surface area contributed by atoms with Gasteiger partial charge in [-0.3, -0.25) is 0 Å². The van der Waals surface area contributed by atoms with Gasteiger partial charge < -0.3 is 9.47 Å². The maximum Gasteiger partial charge on any atom is 0.0543 e. The van der Waals surface area contributed by atoms with Crippen LogP contribution < -0.4 is 4.90 Å². The summed E-state index contributed by atoms with van der Waals surface area (Å²) in [5.74, 6) is 0. The molecule has 2 heteroatoms. The average molecular weight is 653 g/mol. The van der Waals surface area contributed by atoms with Crippen molar-refractivity contribution in [2.24, 2.45) is 7.05 Å². The van der Waals surface area contributed by atoms with Gasteiger partial charge in [0.05, 0.1) is 5.69 Å². The minimum Gasteiger partial charge on any atom is -0.344 e. The van der Waals surface area contributed by atoms with Gasteiger partial charge in [-0.1, -0.05) is 133 Å². The van der Waals surface area contributed by atoms with E-state index in [-0.39, 0.29) is 5.41 Å². The fourth-order valence-corrected chi connectivity index (χ4v) is 8.74. The first-order valence-electron chi connectivity index (χ1n) is 17.8. The van der Waals surface area contributed by atoms with Crippen molar-refractivity contribution in [3.63, 3.8) is 0 Å². The lowest BCUT2D eigenvalue weighted by Crippen LogP contribution is -2.23. The summed E-state index contributed by atoms with van der Waals surface area (Å²) in [6.45, 7) is 2.43. The number of nitrogens with zero attached hydrogens (tertiary/aromatic N) is 2. The Kier molecular flexibility index (Phi) is 6.56. The van der Waals surface area contributed by atoms with E-state index >= 15 is 0 Å². The number of hydrogen-bond acceptors (Lipinski definition) is 1. The molecule has 8 aromatic carbocycles. The van der Waals surface area contributed by atoms with Gasteiger partial charge in [-0.05, 0) is 99.8 Å². The molecule has 0 N–H and O–H groups in total. The van der Waals surface area contributed by atoms with Crippen molar-refractivity contribution in [2.45, 2.75) is 12.3 Å². The first kappa shape index (κ1) is 29.5. The summed E-state index contributed by atoms with van der Waals surface area (Å²) in [4.78, 5) is 2.47. The molecule has 0 saturated carbocycles. The van der Waals surface area contributed by atoms with Crippen molar-refractivity contribution in [3.8, 4) is 22.3 Å². The van der Waals surface area contributed by atoms with E-state index in [1.165, 1.54) is 77.2 Å². The van der Waals surface area contributed by atoms with E-state index in [1.807, 2.05) is 0 Å². The van der Waals surface area contributed by atoms with Crippen LogP contribution in [-0.4, -0.2) is 4.57 Å². The van der Waals surface area contributed by atoms with Gasteiger partial charge in [0.25, 0.3) is 0 Å². The van der Waals surface area contributed by atoms with Crippen LogP contribution >= 0.6 is 0 Å². The topological polar surface area (TPSA) is 8.17 Å². The second kappa shape index (κ2) is 11.3. The Labute approximate surface area is 298 Å². The molecule has 0 saturated heterocycles. The highest BCUT2D eigenvalue weighted by atomic mass is 15.1.